The normalized spacial score (nSPS) is 14.1. The van der Waals surface area contributed by atoms with Crippen LogP contribution in [0.1, 0.15) is 36.5 Å². The average Bonchev–Trinajstić information content (AvgIpc) is 2.91. The molecule has 1 rings (SSSR count). The van der Waals surface area contributed by atoms with Crippen molar-refractivity contribution >= 4 is 29.7 Å². The Morgan fingerprint density at radius 2 is 2.18 bits per heavy atom. The number of nitrogens with one attached hydrogen (secondary N) is 1. The molecule has 1 amide bonds. The number of methoxy groups -OCH3 is 1. The van der Waals surface area contributed by atoms with Crippen LogP contribution in [0.2, 0.25) is 0 Å². The number of rotatable bonds is 7. The van der Waals surface area contributed by atoms with Crippen molar-refractivity contribution in [1.29, 1.82) is 0 Å². The van der Waals surface area contributed by atoms with Gasteiger partial charge in [-0.25, -0.2) is 4.98 Å². The maximum Gasteiger partial charge on any atom is 0.434 e. The maximum absolute atomic E-state index is 12.5. The molecule has 128 valence electrons. The van der Waals surface area contributed by atoms with Gasteiger partial charge in [-0.15, -0.1) is 23.7 Å². The van der Waals surface area contributed by atoms with E-state index in [1.165, 1.54) is 7.11 Å². The first-order valence-electron chi connectivity index (χ1n) is 6.36. The zero-order chi connectivity index (χ0) is 16.0. The Morgan fingerprint density at radius 1 is 1.55 bits per heavy atom. The summed E-state index contributed by atoms with van der Waals surface area (Å²) in [7, 11) is 1.44. The Balaban J connectivity index is 0.00000441. The van der Waals surface area contributed by atoms with Crippen molar-refractivity contribution in [2.75, 3.05) is 13.7 Å². The summed E-state index contributed by atoms with van der Waals surface area (Å²) >= 11 is 0.880. The van der Waals surface area contributed by atoms with Crippen molar-refractivity contribution in [2.45, 2.75) is 38.1 Å². The number of halogens is 4. The number of carbonyl (C=O) groups is 1. The van der Waals surface area contributed by atoms with Crippen LogP contribution in [0, 0.1) is 0 Å². The Kier molecular flexibility index (Phi) is 8.91. The van der Waals surface area contributed by atoms with E-state index >= 15 is 0 Å². The van der Waals surface area contributed by atoms with Crippen LogP contribution in [0.3, 0.4) is 0 Å². The first kappa shape index (κ1) is 21.1. The molecule has 0 aliphatic carbocycles. The minimum atomic E-state index is -4.47. The van der Waals surface area contributed by atoms with Crippen LogP contribution in [0.25, 0.3) is 0 Å². The van der Waals surface area contributed by atoms with Gasteiger partial charge in [0.05, 0.1) is 18.6 Å². The molecule has 0 saturated carbocycles. The van der Waals surface area contributed by atoms with Gasteiger partial charge in [-0.1, -0.05) is 6.92 Å². The quantitative estimate of drug-likeness (QED) is 0.782. The minimum absolute atomic E-state index is 0. The van der Waals surface area contributed by atoms with Gasteiger partial charge in [-0.05, 0) is 6.42 Å². The molecule has 0 fully saturated rings. The van der Waals surface area contributed by atoms with Gasteiger partial charge in [0.1, 0.15) is 5.01 Å². The predicted octanol–water partition coefficient (Wildman–Crippen LogP) is 2.51. The first-order chi connectivity index (χ1) is 9.81. The molecule has 1 aromatic rings. The number of amides is 1. The number of carbonyl (C=O) groups excluding carboxylic acids is 1. The van der Waals surface area contributed by atoms with E-state index in [0.717, 1.165) is 16.7 Å². The molecule has 0 saturated heterocycles. The highest BCUT2D eigenvalue weighted by molar-refractivity contribution is 7.09. The summed E-state index contributed by atoms with van der Waals surface area (Å²) in [4.78, 5) is 15.4. The van der Waals surface area contributed by atoms with E-state index < -0.39 is 24.0 Å². The third kappa shape index (κ3) is 6.07. The van der Waals surface area contributed by atoms with E-state index in [0.29, 0.717) is 6.42 Å². The Hall–Kier alpha value is -0.900. The SMILES string of the molecule is CCC(NC(=O)CC(CN)OC)c1nc(C(F)(F)F)cs1.Cl. The van der Waals surface area contributed by atoms with Crippen molar-refractivity contribution < 1.29 is 22.7 Å². The molecule has 1 heterocycles. The lowest BCUT2D eigenvalue weighted by Crippen LogP contribution is -2.34. The van der Waals surface area contributed by atoms with Crippen LogP contribution in [0.15, 0.2) is 5.38 Å². The number of thiazole rings is 1. The Labute approximate surface area is 136 Å². The second-order valence-corrected chi connectivity index (χ2v) is 5.28. The standard InChI is InChI=1S/C12H18F3N3O2S.ClH/c1-3-8(17-10(19)4-7(5-16)20-2)11-18-9(6-21-11)12(13,14)15;/h6-8H,3-5,16H2,1-2H3,(H,17,19);1H. The molecule has 0 aliphatic rings. The summed E-state index contributed by atoms with van der Waals surface area (Å²) in [5, 5.41) is 3.84. The van der Waals surface area contributed by atoms with Gasteiger partial charge >= 0.3 is 6.18 Å². The highest BCUT2D eigenvalue weighted by Crippen LogP contribution is 2.32. The fourth-order valence-electron chi connectivity index (χ4n) is 1.64. The summed E-state index contributed by atoms with van der Waals surface area (Å²) < 4.78 is 42.6. The van der Waals surface area contributed by atoms with Gasteiger partial charge in [-0.3, -0.25) is 4.79 Å². The molecule has 2 unspecified atom stereocenters. The van der Waals surface area contributed by atoms with Crippen molar-refractivity contribution in [3.8, 4) is 0 Å². The van der Waals surface area contributed by atoms with Gasteiger partial charge in [0.2, 0.25) is 5.91 Å². The smallest absolute Gasteiger partial charge is 0.380 e. The van der Waals surface area contributed by atoms with Gasteiger partial charge in [0, 0.05) is 19.0 Å². The zero-order valence-corrected chi connectivity index (χ0v) is 13.8. The van der Waals surface area contributed by atoms with Crippen LogP contribution in [-0.2, 0) is 15.7 Å². The number of nitrogens with zero attached hydrogens (tertiary/aromatic N) is 1. The molecule has 0 bridgehead atoms. The van der Waals surface area contributed by atoms with Gasteiger partial charge in [-0.2, -0.15) is 13.2 Å². The molecule has 5 nitrogen and oxygen atoms in total. The molecular formula is C12H19ClF3N3O2S. The number of alkyl halides is 3. The van der Waals surface area contributed by atoms with Crippen molar-refractivity contribution in [3.63, 3.8) is 0 Å². The van der Waals surface area contributed by atoms with Crippen molar-refractivity contribution in [1.82, 2.24) is 10.3 Å². The topological polar surface area (TPSA) is 77.2 Å². The van der Waals surface area contributed by atoms with Crippen LogP contribution in [0.5, 0.6) is 0 Å². The summed E-state index contributed by atoms with van der Waals surface area (Å²) in [6.45, 7) is 1.95. The molecule has 1 aromatic heterocycles. The van der Waals surface area contributed by atoms with Crippen molar-refractivity contribution in [3.05, 3.63) is 16.1 Å². The molecule has 0 aliphatic heterocycles. The van der Waals surface area contributed by atoms with E-state index in [1.54, 1.807) is 6.92 Å². The van der Waals surface area contributed by atoms with E-state index in [2.05, 4.69) is 10.3 Å². The van der Waals surface area contributed by atoms with E-state index in [-0.39, 0.29) is 36.3 Å². The molecule has 0 radical (unpaired) electrons. The molecule has 0 spiro atoms. The number of hydrogen-bond acceptors (Lipinski definition) is 5. The number of hydrogen-bond donors (Lipinski definition) is 2. The third-order valence-electron chi connectivity index (χ3n) is 2.86. The van der Waals surface area contributed by atoms with Gasteiger partial charge < -0.3 is 15.8 Å². The molecule has 22 heavy (non-hydrogen) atoms. The molecule has 3 N–H and O–H groups in total. The van der Waals surface area contributed by atoms with E-state index in [9.17, 15) is 18.0 Å². The predicted molar refractivity (Wildman–Crippen MR) is 80.0 cm³/mol. The lowest BCUT2D eigenvalue weighted by Gasteiger charge is -2.17. The highest BCUT2D eigenvalue weighted by atomic mass is 35.5. The number of ether oxygens (including phenoxy) is 1. The van der Waals surface area contributed by atoms with Gasteiger partial charge in [0.25, 0.3) is 0 Å². The maximum atomic E-state index is 12.5. The van der Waals surface area contributed by atoms with Crippen LogP contribution in [-0.4, -0.2) is 30.6 Å². The fourth-order valence-corrected chi connectivity index (χ4v) is 2.60. The lowest BCUT2D eigenvalue weighted by atomic mass is 10.2. The van der Waals surface area contributed by atoms with Crippen LogP contribution >= 0.6 is 23.7 Å². The third-order valence-corrected chi connectivity index (χ3v) is 3.82. The largest absolute Gasteiger partial charge is 0.434 e. The fraction of sp³-hybridized carbons (Fsp3) is 0.667. The molecular weight excluding hydrogens is 343 g/mol. The molecule has 0 aromatic carbocycles. The monoisotopic (exact) mass is 361 g/mol. The molecule has 10 heteroatoms. The van der Waals surface area contributed by atoms with Crippen LogP contribution in [0.4, 0.5) is 13.2 Å². The number of aromatic nitrogens is 1. The second-order valence-electron chi connectivity index (χ2n) is 4.39. The highest BCUT2D eigenvalue weighted by Gasteiger charge is 2.34. The van der Waals surface area contributed by atoms with Crippen molar-refractivity contribution in [2.24, 2.45) is 5.73 Å². The summed E-state index contributed by atoms with van der Waals surface area (Å²) in [5.41, 5.74) is 4.48. The van der Waals surface area contributed by atoms with Crippen LogP contribution < -0.4 is 11.1 Å². The van der Waals surface area contributed by atoms with E-state index in [4.69, 9.17) is 10.5 Å². The van der Waals surface area contributed by atoms with Gasteiger partial charge in [0.15, 0.2) is 5.69 Å². The summed E-state index contributed by atoms with van der Waals surface area (Å²) in [5.74, 6) is -0.331. The first-order valence-corrected chi connectivity index (χ1v) is 7.24. The molecule has 2 atom stereocenters. The lowest BCUT2D eigenvalue weighted by molar-refractivity contribution is -0.140. The second kappa shape index (κ2) is 9.29. The summed E-state index contributed by atoms with van der Waals surface area (Å²) in [6, 6.07) is -0.547. The minimum Gasteiger partial charge on any atom is -0.380 e. The van der Waals surface area contributed by atoms with E-state index in [1.807, 2.05) is 0 Å². The number of nitrogens with two attached hydrogens (primary N) is 1. The Morgan fingerprint density at radius 3 is 2.59 bits per heavy atom. The zero-order valence-electron chi connectivity index (χ0n) is 12.1. The summed E-state index contributed by atoms with van der Waals surface area (Å²) in [6.07, 6.45) is -4.39. The average molecular weight is 362 g/mol. The Bertz CT molecular complexity index is 467.